The van der Waals surface area contributed by atoms with E-state index in [0.717, 1.165) is 35.0 Å². The maximum absolute atomic E-state index is 14.3. The zero-order chi connectivity index (χ0) is 28.9. The monoisotopic (exact) mass is 598 g/mol. The Kier molecular flexibility index (Phi) is 8.03. The zero-order valence-corrected chi connectivity index (χ0v) is 26.1. The Morgan fingerprint density at radius 2 is 1.65 bits per heavy atom. The van der Waals surface area contributed by atoms with Crippen LogP contribution in [0.2, 0.25) is 10.0 Å². The van der Waals surface area contributed by atoms with Gasteiger partial charge in [-0.1, -0.05) is 61.3 Å². The molecule has 0 N–H and O–H groups in total. The molecular formula is C31H36Cl2N4O2S. The lowest BCUT2D eigenvalue weighted by Crippen LogP contribution is -2.57. The highest BCUT2D eigenvalue weighted by Gasteiger charge is 2.53. The summed E-state index contributed by atoms with van der Waals surface area (Å²) in [5.74, 6) is 0.138. The minimum absolute atomic E-state index is 0.000691. The molecule has 0 aliphatic carbocycles. The van der Waals surface area contributed by atoms with E-state index in [1.54, 1.807) is 6.92 Å². The number of benzene rings is 2. The van der Waals surface area contributed by atoms with Crippen molar-refractivity contribution < 1.29 is 9.59 Å². The van der Waals surface area contributed by atoms with Gasteiger partial charge in [0, 0.05) is 41.8 Å². The standard InChI is InChI=1S/C31H36Cl2N4O2S/c1-18(2)26-27(29(39)36(19(3)4)17-25-15-16-35(25)20(5)38)40-30-34-31(6,22-9-13-24(33)14-10-22)28(37(26)30)21-7-11-23(32)12-8-21/h7-14,18-19,25,28H,15-17H2,1-6H3/t25?,28-,31+/m1/s1. The number of amides is 2. The second kappa shape index (κ2) is 11.1. The van der Waals surface area contributed by atoms with Crippen molar-refractivity contribution in [2.24, 2.45) is 10.9 Å². The van der Waals surface area contributed by atoms with E-state index < -0.39 is 5.54 Å². The van der Waals surface area contributed by atoms with E-state index in [4.69, 9.17) is 28.2 Å². The smallest absolute Gasteiger partial charge is 0.262 e. The summed E-state index contributed by atoms with van der Waals surface area (Å²) in [6, 6.07) is 15.7. The van der Waals surface area contributed by atoms with Crippen LogP contribution in [0.1, 0.15) is 65.1 Å². The first kappa shape index (κ1) is 29.0. The summed E-state index contributed by atoms with van der Waals surface area (Å²) in [4.78, 5) is 38.4. The minimum atomic E-state index is -0.610. The topological polar surface area (TPSA) is 56.2 Å². The molecule has 3 atom stereocenters. The molecule has 2 amide bonds. The van der Waals surface area contributed by atoms with E-state index in [9.17, 15) is 9.59 Å². The number of fused-ring (bicyclic) bond motifs is 1. The van der Waals surface area contributed by atoms with Crippen LogP contribution in [-0.2, 0) is 15.1 Å². The molecule has 2 aromatic rings. The number of likely N-dealkylation sites (tertiary alicyclic amines) is 1. The van der Waals surface area contributed by atoms with E-state index in [1.807, 2.05) is 60.0 Å². The van der Waals surface area contributed by atoms with Gasteiger partial charge in [0.2, 0.25) is 5.91 Å². The van der Waals surface area contributed by atoms with Crippen molar-refractivity contribution in [2.45, 2.75) is 71.6 Å². The highest BCUT2D eigenvalue weighted by molar-refractivity contribution is 8.18. The molecule has 5 rings (SSSR count). The molecule has 1 fully saturated rings. The molecule has 0 spiro atoms. The first-order valence-corrected chi connectivity index (χ1v) is 15.4. The Labute approximate surface area is 251 Å². The molecule has 3 heterocycles. The lowest BCUT2D eigenvalue weighted by molar-refractivity contribution is -0.140. The Hall–Kier alpha value is -2.48. The predicted molar refractivity (Wildman–Crippen MR) is 164 cm³/mol. The van der Waals surface area contributed by atoms with Crippen molar-refractivity contribution in [2.75, 3.05) is 13.1 Å². The number of aliphatic imine (C=N–C) groups is 1. The van der Waals surface area contributed by atoms with Crippen LogP contribution in [-0.4, -0.2) is 56.9 Å². The van der Waals surface area contributed by atoms with E-state index in [-0.39, 0.29) is 35.9 Å². The lowest BCUT2D eigenvalue weighted by Gasteiger charge is -2.44. The van der Waals surface area contributed by atoms with Gasteiger partial charge in [-0.15, -0.1) is 0 Å². The second-order valence-electron chi connectivity index (χ2n) is 11.6. The number of carbonyl (C=O) groups is 2. The summed E-state index contributed by atoms with van der Waals surface area (Å²) in [5, 5.41) is 2.17. The van der Waals surface area contributed by atoms with Crippen LogP contribution >= 0.6 is 35.0 Å². The van der Waals surface area contributed by atoms with Crippen LogP contribution in [0.4, 0.5) is 0 Å². The zero-order valence-electron chi connectivity index (χ0n) is 23.8. The Balaban J connectivity index is 1.57. The number of allylic oxidation sites excluding steroid dienone is 1. The van der Waals surface area contributed by atoms with Crippen LogP contribution in [0.15, 0.2) is 64.1 Å². The Morgan fingerprint density at radius 1 is 1.05 bits per heavy atom. The molecule has 3 aliphatic rings. The Bertz CT molecular complexity index is 1370. The highest BCUT2D eigenvalue weighted by Crippen LogP contribution is 2.56. The van der Waals surface area contributed by atoms with Gasteiger partial charge in [0.05, 0.1) is 12.1 Å². The van der Waals surface area contributed by atoms with Gasteiger partial charge in [0.1, 0.15) is 10.4 Å². The molecule has 1 saturated heterocycles. The average Bonchev–Trinajstić information content (AvgIpc) is 3.36. The maximum Gasteiger partial charge on any atom is 0.262 e. The third kappa shape index (κ3) is 5.05. The van der Waals surface area contributed by atoms with Crippen molar-refractivity contribution in [3.63, 3.8) is 0 Å². The molecule has 0 radical (unpaired) electrons. The number of halogens is 2. The summed E-state index contributed by atoms with van der Waals surface area (Å²) in [5.41, 5.74) is 2.49. The minimum Gasteiger partial charge on any atom is -0.338 e. The van der Waals surface area contributed by atoms with Gasteiger partial charge in [0.25, 0.3) is 5.91 Å². The number of hydrogen-bond acceptors (Lipinski definition) is 5. The molecular weight excluding hydrogens is 563 g/mol. The van der Waals surface area contributed by atoms with Crippen LogP contribution < -0.4 is 0 Å². The molecule has 6 nitrogen and oxygen atoms in total. The molecule has 212 valence electrons. The molecule has 0 saturated carbocycles. The number of rotatable bonds is 7. The summed E-state index contributed by atoms with van der Waals surface area (Å²) in [6.45, 7) is 13.4. The van der Waals surface area contributed by atoms with E-state index in [1.165, 1.54) is 11.8 Å². The average molecular weight is 600 g/mol. The molecule has 9 heteroatoms. The summed E-state index contributed by atoms with van der Waals surface area (Å²) in [6.07, 6.45) is 0.913. The first-order chi connectivity index (χ1) is 18.9. The van der Waals surface area contributed by atoms with E-state index in [0.29, 0.717) is 21.5 Å². The van der Waals surface area contributed by atoms with Gasteiger partial charge in [-0.25, -0.2) is 4.99 Å². The third-order valence-corrected chi connectivity index (χ3v) is 9.77. The number of nitrogens with zero attached hydrogens (tertiary/aromatic N) is 4. The predicted octanol–water partition coefficient (Wildman–Crippen LogP) is 7.09. The maximum atomic E-state index is 14.3. The largest absolute Gasteiger partial charge is 0.338 e. The number of thioether (sulfide) groups is 1. The van der Waals surface area contributed by atoms with Gasteiger partial charge in [-0.05, 0) is 80.3 Å². The summed E-state index contributed by atoms with van der Waals surface area (Å²) >= 11 is 14.0. The van der Waals surface area contributed by atoms with Crippen molar-refractivity contribution in [1.29, 1.82) is 0 Å². The number of hydrogen-bond donors (Lipinski definition) is 0. The fraction of sp³-hybridized carbons (Fsp3) is 0.452. The summed E-state index contributed by atoms with van der Waals surface area (Å²) < 4.78 is 0. The molecule has 40 heavy (non-hydrogen) atoms. The molecule has 0 bridgehead atoms. The highest BCUT2D eigenvalue weighted by atomic mass is 35.5. The summed E-state index contributed by atoms with van der Waals surface area (Å²) in [7, 11) is 0. The normalized spacial score (nSPS) is 24.0. The van der Waals surface area contributed by atoms with Crippen LogP contribution in [0.3, 0.4) is 0 Å². The van der Waals surface area contributed by atoms with Gasteiger partial charge in [-0.2, -0.15) is 0 Å². The fourth-order valence-electron chi connectivity index (χ4n) is 6.00. The third-order valence-electron chi connectivity index (χ3n) is 8.21. The molecule has 1 unspecified atom stereocenters. The fourth-order valence-corrected chi connectivity index (χ4v) is 7.61. The number of amidine groups is 1. The molecule has 2 aromatic carbocycles. The van der Waals surface area contributed by atoms with Crippen molar-refractivity contribution >= 4 is 51.9 Å². The number of carbonyl (C=O) groups excluding carboxylic acids is 2. The molecule has 3 aliphatic heterocycles. The van der Waals surface area contributed by atoms with Gasteiger partial charge in [0.15, 0.2) is 5.17 Å². The van der Waals surface area contributed by atoms with Gasteiger partial charge >= 0.3 is 0 Å². The van der Waals surface area contributed by atoms with Crippen LogP contribution in [0.25, 0.3) is 0 Å². The second-order valence-corrected chi connectivity index (χ2v) is 13.4. The van der Waals surface area contributed by atoms with Crippen molar-refractivity contribution in [1.82, 2.24) is 14.7 Å². The van der Waals surface area contributed by atoms with Gasteiger partial charge in [-0.3, -0.25) is 9.59 Å². The van der Waals surface area contributed by atoms with Crippen molar-refractivity contribution in [3.8, 4) is 0 Å². The van der Waals surface area contributed by atoms with E-state index in [2.05, 4.69) is 37.8 Å². The first-order valence-electron chi connectivity index (χ1n) is 13.8. The molecule has 0 aromatic heterocycles. The Morgan fingerprint density at radius 3 is 2.15 bits per heavy atom. The quantitative estimate of drug-likeness (QED) is 0.341. The van der Waals surface area contributed by atoms with Crippen LogP contribution in [0.5, 0.6) is 0 Å². The SMILES string of the molecule is CC(=O)N1CCC1CN(C(=O)C1=C(C(C)C)N2C(=N[C@@](C)(c3ccc(Cl)cc3)[C@H]2c2ccc(Cl)cc2)S1)C(C)C. The van der Waals surface area contributed by atoms with Crippen molar-refractivity contribution in [3.05, 3.63) is 80.3 Å². The van der Waals surface area contributed by atoms with Gasteiger partial charge < -0.3 is 14.7 Å². The van der Waals surface area contributed by atoms with E-state index >= 15 is 0 Å². The lowest BCUT2D eigenvalue weighted by atomic mass is 9.81. The van der Waals surface area contributed by atoms with Crippen LogP contribution in [0, 0.1) is 5.92 Å².